The summed E-state index contributed by atoms with van der Waals surface area (Å²) in [5, 5.41) is 3.96. The molecule has 138 valence electrons. The highest BCUT2D eigenvalue weighted by atomic mass is 16.5. The second kappa shape index (κ2) is 6.37. The Morgan fingerprint density at radius 2 is 1.96 bits per heavy atom. The molecule has 2 aliphatic rings. The van der Waals surface area contributed by atoms with Crippen molar-refractivity contribution in [1.82, 2.24) is 20.0 Å². The Hall–Kier alpha value is -2.44. The van der Waals surface area contributed by atoms with Crippen LogP contribution in [0, 0.1) is 20.8 Å². The van der Waals surface area contributed by atoms with E-state index in [1.165, 1.54) is 0 Å². The maximum atomic E-state index is 13.0. The van der Waals surface area contributed by atoms with E-state index in [9.17, 15) is 9.59 Å². The van der Waals surface area contributed by atoms with Crippen LogP contribution in [0.3, 0.4) is 0 Å². The molecule has 0 saturated carbocycles. The molecule has 0 aliphatic carbocycles. The molecule has 0 spiro atoms. The van der Waals surface area contributed by atoms with Crippen molar-refractivity contribution < 1.29 is 9.32 Å². The van der Waals surface area contributed by atoms with Crippen LogP contribution in [-0.4, -0.2) is 38.0 Å². The summed E-state index contributed by atoms with van der Waals surface area (Å²) in [4.78, 5) is 34.7. The number of aromatic amines is 1. The number of carbonyl (C=O) groups excluding carboxylic acids is 1. The number of nitrogens with one attached hydrogen (secondary N) is 1. The van der Waals surface area contributed by atoms with Gasteiger partial charge in [0, 0.05) is 42.5 Å². The number of hydrogen-bond acceptors (Lipinski definition) is 5. The van der Waals surface area contributed by atoms with Crippen LogP contribution in [0.1, 0.15) is 53.4 Å². The van der Waals surface area contributed by atoms with Gasteiger partial charge in [-0.25, -0.2) is 4.98 Å². The average Bonchev–Trinajstić information content (AvgIpc) is 3.05. The quantitative estimate of drug-likeness (QED) is 0.905. The van der Waals surface area contributed by atoms with Crippen LogP contribution >= 0.6 is 0 Å². The van der Waals surface area contributed by atoms with Crippen molar-refractivity contribution in [3.63, 3.8) is 0 Å². The highest BCUT2D eigenvalue weighted by Crippen LogP contribution is 2.33. The van der Waals surface area contributed by atoms with Gasteiger partial charge in [0.05, 0.1) is 11.4 Å². The van der Waals surface area contributed by atoms with E-state index in [0.717, 1.165) is 41.1 Å². The summed E-state index contributed by atoms with van der Waals surface area (Å²) in [5.41, 5.74) is 3.45. The van der Waals surface area contributed by atoms with Gasteiger partial charge in [0.25, 0.3) is 5.56 Å². The van der Waals surface area contributed by atoms with Crippen LogP contribution in [0.4, 0.5) is 0 Å². The van der Waals surface area contributed by atoms with Gasteiger partial charge in [-0.1, -0.05) is 5.16 Å². The van der Waals surface area contributed by atoms with Gasteiger partial charge in [0.2, 0.25) is 5.91 Å². The smallest absolute Gasteiger partial charge is 0.254 e. The number of aromatic nitrogens is 3. The fraction of sp³-hybridized carbons (Fsp3) is 0.579. The van der Waals surface area contributed by atoms with E-state index in [2.05, 4.69) is 15.1 Å². The molecule has 2 aliphatic heterocycles. The topological polar surface area (TPSA) is 92.1 Å². The van der Waals surface area contributed by atoms with Gasteiger partial charge in [0.1, 0.15) is 11.6 Å². The average molecular weight is 356 g/mol. The first-order chi connectivity index (χ1) is 12.4. The molecule has 1 amide bonds. The summed E-state index contributed by atoms with van der Waals surface area (Å²) in [6.45, 7) is 5.59. The number of nitrogens with zero attached hydrogens (tertiary/aromatic N) is 3. The molecule has 2 aromatic heterocycles. The third-order valence-electron chi connectivity index (χ3n) is 5.77. The molecular weight excluding hydrogens is 332 g/mol. The highest BCUT2D eigenvalue weighted by Gasteiger charge is 2.40. The van der Waals surface area contributed by atoms with Gasteiger partial charge >= 0.3 is 0 Å². The van der Waals surface area contributed by atoms with Crippen molar-refractivity contribution in [2.24, 2.45) is 0 Å². The first kappa shape index (κ1) is 17.0. The monoisotopic (exact) mass is 356 g/mol. The molecule has 7 heteroatoms. The molecule has 4 rings (SSSR count). The molecule has 0 aromatic carbocycles. The number of fused-ring (bicyclic) bond motifs is 3. The van der Waals surface area contributed by atoms with E-state index in [1.54, 1.807) is 6.92 Å². The van der Waals surface area contributed by atoms with Crippen molar-refractivity contribution in [2.75, 3.05) is 0 Å². The van der Waals surface area contributed by atoms with Crippen LogP contribution < -0.4 is 5.56 Å². The lowest BCUT2D eigenvalue weighted by Gasteiger charge is -2.28. The third-order valence-corrected chi connectivity index (χ3v) is 5.77. The molecule has 26 heavy (non-hydrogen) atoms. The predicted octanol–water partition coefficient (Wildman–Crippen LogP) is 1.77. The van der Waals surface area contributed by atoms with Crippen LogP contribution in [-0.2, 0) is 24.1 Å². The second-order valence-electron chi connectivity index (χ2n) is 7.47. The van der Waals surface area contributed by atoms with E-state index in [4.69, 9.17) is 4.52 Å². The maximum Gasteiger partial charge on any atom is 0.254 e. The van der Waals surface area contributed by atoms with E-state index >= 15 is 0 Å². The normalized spacial score (nSPS) is 21.6. The minimum Gasteiger partial charge on any atom is -0.361 e. The Bertz CT molecular complexity index is 894. The van der Waals surface area contributed by atoms with Crippen LogP contribution in [0.15, 0.2) is 9.32 Å². The van der Waals surface area contributed by atoms with E-state index in [1.807, 2.05) is 18.7 Å². The molecule has 7 nitrogen and oxygen atoms in total. The van der Waals surface area contributed by atoms with Gasteiger partial charge in [-0.3, -0.25) is 9.59 Å². The van der Waals surface area contributed by atoms with Crippen LogP contribution in [0.2, 0.25) is 0 Å². The molecule has 2 aromatic rings. The Labute approximate surface area is 151 Å². The summed E-state index contributed by atoms with van der Waals surface area (Å²) in [5.74, 6) is 1.58. The fourth-order valence-corrected chi connectivity index (χ4v) is 4.50. The van der Waals surface area contributed by atoms with Crippen molar-refractivity contribution in [2.45, 2.75) is 71.4 Å². The molecule has 1 fully saturated rings. The summed E-state index contributed by atoms with van der Waals surface area (Å²) in [6.07, 6.45) is 4.29. The highest BCUT2D eigenvalue weighted by molar-refractivity contribution is 5.78. The van der Waals surface area contributed by atoms with Crippen LogP contribution in [0.5, 0.6) is 0 Å². The summed E-state index contributed by atoms with van der Waals surface area (Å²) >= 11 is 0. The lowest BCUT2D eigenvalue weighted by Crippen LogP contribution is -2.42. The van der Waals surface area contributed by atoms with Gasteiger partial charge < -0.3 is 14.4 Å². The molecule has 0 radical (unpaired) electrons. The van der Waals surface area contributed by atoms with Crippen molar-refractivity contribution in [1.29, 1.82) is 0 Å². The largest absolute Gasteiger partial charge is 0.361 e. The summed E-state index contributed by atoms with van der Waals surface area (Å²) in [6, 6.07) is 0.246. The minimum atomic E-state index is -0.0526. The van der Waals surface area contributed by atoms with E-state index < -0.39 is 0 Å². The van der Waals surface area contributed by atoms with Crippen molar-refractivity contribution in [3.05, 3.63) is 44.5 Å². The molecular formula is C19H24N4O3. The molecule has 2 bridgehead atoms. The molecule has 2 atom stereocenters. The third kappa shape index (κ3) is 2.85. The second-order valence-corrected chi connectivity index (χ2v) is 7.47. The lowest BCUT2D eigenvalue weighted by molar-refractivity contribution is -0.133. The summed E-state index contributed by atoms with van der Waals surface area (Å²) in [7, 11) is 0. The number of amides is 1. The molecule has 0 unspecified atom stereocenters. The zero-order valence-corrected chi connectivity index (χ0v) is 15.5. The maximum absolute atomic E-state index is 13.0. The predicted molar refractivity (Wildman–Crippen MR) is 95.0 cm³/mol. The zero-order chi connectivity index (χ0) is 18.4. The first-order valence-corrected chi connectivity index (χ1v) is 9.25. The van der Waals surface area contributed by atoms with Crippen molar-refractivity contribution >= 4 is 5.91 Å². The van der Waals surface area contributed by atoms with Crippen LogP contribution in [0.25, 0.3) is 0 Å². The Kier molecular flexibility index (Phi) is 4.17. The number of carbonyl (C=O) groups is 1. The zero-order valence-electron chi connectivity index (χ0n) is 15.5. The van der Waals surface area contributed by atoms with Gasteiger partial charge in [-0.2, -0.15) is 0 Å². The standard InChI is InChI=1S/C19H24N4O3/c1-10-15(11(2)26-22-10)6-7-18(24)23-13-4-5-14(23)9-17-16(8-13)19(25)21-12(3)20-17/h13-14H,4-9H2,1-3H3,(H,20,21,25)/t13-,14+/m1/s1. The summed E-state index contributed by atoms with van der Waals surface area (Å²) < 4.78 is 5.19. The van der Waals surface area contributed by atoms with E-state index in [-0.39, 0.29) is 23.6 Å². The first-order valence-electron chi connectivity index (χ1n) is 9.25. The number of rotatable bonds is 3. The van der Waals surface area contributed by atoms with Gasteiger partial charge in [-0.15, -0.1) is 0 Å². The van der Waals surface area contributed by atoms with Gasteiger partial charge in [-0.05, 0) is 40.0 Å². The Balaban J connectivity index is 1.54. The lowest BCUT2D eigenvalue weighted by atomic mass is 9.98. The number of hydrogen-bond donors (Lipinski definition) is 1. The number of aryl methyl sites for hydroxylation is 3. The van der Waals surface area contributed by atoms with Crippen molar-refractivity contribution in [3.8, 4) is 0 Å². The van der Waals surface area contributed by atoms with E-state index in [0.29, 0.717) is 31.5 Å². The minimum absolute atomic E-state index is 0.0526. The number of H-pyrrole nitrogens is 1. The molecule has 1 N–H and O–H groups in total. The molecule has 1 saturated heterocycles. The Morgan fingerprint density at radius 1 is 1.23 bits per heavy atom. The SMILES string of the molecule is Cc1nc2c(c(=O)[nH]1)C[C@H]1CC[C@@H](C2)N1C(=O)CCc1c(C)noc1C. The Morgan fingerprint density at radius 3 is 2.65 bits per heavy atom. The van der Waals surface area contributed by atoms with Gasteiger partial charge in [0.15, 0.2) is 0 Å². The molecule has 4 heterocycles. The fourth-order valence-electron chi connectivity index (χ4n) is 4.50.